The van der Waals surface area contributed by atoms with E-state index in [4.69, 9.17) is 5.11 Å². The Balaban J connectivity index is 1.73. The van der Waals surface area contributed by atoms with Crippen molar-refractivity contribution >= 4 is 22.4 Å². The van der Waals surface area contributed by atoms with Gasteiger partial charge in [-0.1, -0.05) is 6.42 Å². The van der Waals surface area contributed by atoms with E-state index >= 15 is 0 Å². The third-order valence-electron chi connectivity index (χ3n) is 4.05. The van der Waals surface area contributed by atoms with E-state index in [2.05, 4.69) is 10.3 Å². The standard InChI is InChI=1S/C12H16N2O2S/c1-6-10(11(15)16)14-12(17-6)13-9-5-7-2-3-8(9)4-7/h7-9H,2-5H2,1H3,(H,13,14)(H,15,16). The van der Waals surface area contributed by atoms with E-state index in [9.17, 15) is 4.79 Å². The fraction of sp³-hybridized carbons (Fsp3) is 0.667. The molecule has 0 saturated heterocycles. The number of aromatic nitrogens is 1. The van der Waals surface area contributed by atoms with Crippen molar-refractivity contribution in [3.63, 3.8) is 0 Å². The average molecular weight is 252 g/mol. The van der Waals surface area contributed by atoms with Crippen LogP contribution in [-0.4, -0.2) is 22.1 Å². The molecule has 1 aromatic heterocycles. The second-order valence-corrected chi connectivity index (χ2v) is 6.36. The Bertz CT molecular complexity index is 457. The number of aryl methyl sites for hydroxylation is 1. The highest BCUT2D eigenvalue weighted by atomic mass is 32.1. The summed E-state index contributed by atoms with van der Waals surface area (Å²) in [5.41, 5.74) is 0.195. The van der Waals surface area contributed by atoms with Gasteiger partial charge in [-0.3, -0.25) is 0 Å². The van der Waals surface area contributed by atoms with Crippen molar-refractivity contribution in [1.29, 1.82) is 0 Å². The number of hydrogen-bond acceptors (Lipinski definition) is 4. The zero-order valence-electron chi connectivity index (χ0n) is 9.77. The van der Waals surface area contributed by atoms with E-state index in [1.165, 1.54) is 37.0 Å². The van der Waals surface area contributed by atoms with E-state index in [-0.39, 0.29) is 5.69 Å². The first kappa shape index (κ1) is 11.0. The molecule has 2 fully saturated rings. The minimum absolute atomic E-state index is 0.195. The summed E-state index contributed by atoms with van der Waals surface area (Å²) < 4.78 is 0. The van der Waals surface area contributed by atoms with Gasteiger partial charge in [-0.2, -0.15) is 0 Å². The summed E-state index contributed by atoms with van der Waals surface area (Å²) in [5, 5.41) is 13.2. The van der Waals surface area contributed by atoms with Gasteiger partial charge in [0.15, 0.2) is 10.8 Å². The van der Waals surface area contributed by atoms with Crippen LogP contribution in [0.2, 0.25) is 0 Å². The highest BCUT2D eigenvalue weighted by Crippen LogP contribution is 2.45. The summed E-state index contributed by atoms with van der Waals surface area (Å²) in [5.74, 6) is 0.731. The highest BCUT2D eigenvalue weighted by molar-refractivity contribution is 7.15. The predicted molar refractivity (Wildman–Crippen MR) is 66.7 cm³/mol. The van der Waals surface area contributed by atoms with E-state index in [1.54, 1.807) is 0 Å². The molecule has 0 radical (unpaired) electrons. The quantitative estimate of drug-likeness (QED) is 0.868. The van der Waals surface area contributed by atoms with Crippen LogP contribution in [-0.2, 0) is 0 Å². The average Bonchev–Trinajstić information content (AvgIpc) is 2.93. The number of carboxylic acid groups (broad SMARTS) is 1. The lowest BCUT2D eigenvalue weighted by Crippen LogP contribution is -2.25. The van der Waals surface area contributed by atoms with Crippen LogP contribution >= 0.6 is 11.3 Å². The van der Waals surface area contributed by atoms with E-state index in [0.29, 0.717) is 6.04 Å². The number of anilines is 1. The van der Waals surface area contributed by atoms with Crippen LogP contribution in [0.1, 0.15) is 41.0 Å². The molecule has 92 valence electrons. The smallest absolute Gasteiger partial charge is 0.355 e. The van der Waals surface area contributed by atoms with Gasteiger partial charge >= 0.3 is 5.97 Å². The predicted octanol–water partition coefficient (Wildman–Crippen LogP) is 2.75. The van der Waals surface area contributed by atoms with E-state index in [0.717, 1.165) is 21.8 Å². The fourth-order valence-corrected chi connectivity index (χ4v) is 4.10. The molecule has 4 nitrogen and oxygen atoms in total. The molecule has 2 bridgehead atoms. The summed E-state index contributed by atoms with van der Waals surface area (Å²) in [6.45, 7) is 1.81. The first-order valence-corrected chi connectivity index (χ1v) is 6.92. The number of thiazole rings is 1. The third kappa shape index (κ3) is 1.92. The molecule has 1 heterocycles. The van der Waals surface area contributed by atoms with Gasteiger partial charge in [0, 0.05) is 10.9 Å². The third-order valence-corrected chi connectivity index (χ3v) is 4.95. The van der Waals surface area contributed by atoms with Crippen LogP contribution in [0.25, 0.3) is 0 Å². The summed E-state index contributed by atoms with van der Waals surface area (Å²) in [6, 6.07) is 0.515. The number of fused-ring (bicyclic) bond motifs is 2. The maximum atomic E-state index is 10.9. The summed E-state index contributed by atoms with van der Waals surface area (Å²) in [4.78, 5) is 15.9. The van der Waals surface area contributed by atoms with Crippen molar-refractivity contribution in [3.8, 4) is 0 Å². The zero-order valence-corrected chi connectivity index (χ0v) is 10.6. The fourth-order valence-electron chi connectivity index (χ4n) is 3.24. The molecule has 2 saturated carbocycles. The largest absolute Gasteiger partial charge is 0.476 e. The number of rotatable bonds is 3. The number of nitrogens with one attached hydrogen (secondary N) is 1. The number of nitrogens with zero attached hydrogens (tertiary/aromatic N) is 1. The van der Waals surface area contributed by atoms with Crippen LogP contribution in [0, 0.1) is 18.8 Å². The van der Waals surface area contributed by atoms with E-state index in [1.807, 2.05) is 6.92 Å². The molecule has 17 heavy (non-hydrogen) atoms. The second-order valence-electron chi connectivity index (χ2n) is 5.15. The number of carbonyl (C=O) groups is 1. The number of carboxylic acids is 1. The van der Waals surface area contributed by atoms with Gasteiger partial charge in [0.2, 0.25) is 0 Å². The SMILES string of the molecule is Cc1sc(NC2CC3CCC2C3)nc1C(=O)O. The lowest BCUT2D eigenvalue weighted by Gasteiger charge is -2.22. The lowest BCUT2D eigenvalue weighted by molar-refractivity contribution is 0.0690. The zero-order chi connectivity index (χ0) is 12.0. The molecule has 3 rings (SSSR count). The first-order valence-electron chi connectivity index (χ1n) is 6.10. The highest BCUT2D eigenvalue weighted by Gasteiger charge is 2.39. The molecule has 0 amide bonds. The van der Waals surface area contributed by atoms with Crippen molar-refractivity contribution in [1.82, 2.24) is 4.98 Å². The van der Waals surface area contributed by atoms with Gasteiger partial charge in [0.1, 0.15) is 0 Å². The Morgan fingerprint density at radius 3 is 2.82 bits per heavy atom. The Morgan fingerprint density at radius 2 is 2.29 bits per heavy atom. The maximum Gasteiger partial charge on any atom is 0.355 e. The van der Waals surface area contributed by atoms with Crippen molar-refractivity contribution in [2.45, 2.75) is 38.6 Å². The molecule has 2 aliphatic rings. The summed E-state index contributed by atoms with van der Waals surface area (Å²) in [7, 11) is 0. The maximum absolute atomic E-state index is 10.9. The van der Waals surface area contributed by atoms with Crippen LogP contribution in [0.3, 0.4) is 0 Å². The molecule has 3 atom stereocenters. The summed E-state index contributed by atoms with van der Waals surface area (Å²) in [6.07, 6.45) is 5.26. The Labute approximate surface area is 104 Å². The molecule has 3 unspecified atom stereocenters. The van der Waals surface area contributed by atoms with Crippen molar-refractivity contribution in [2.75, 3.05) is 5.32 Å². The Kier molecular flexibility index (Phi) is 2.58. The normalized spacial score (nSPS) is 30.8. The number of aromatic carboxylic acids is 1. The number of hydrogen-bond donors (Lipinski definition) is 2. The first-order chi connectivity index (χ1) is 8.13. The topological polar surface area (TPSA) is 62.2 Å². The molecule has 0 aliphatic heterocycles. The van der Waals surface area contributed by atoms with Crippen LogP contribution < -0.4 is 5.32 Å². The van der Waals surface area contributed by atoms with Crippen LogP contribution in [0.15, 0.2) is 0 Å². The molecule has 5 heteroatoms. The van der Waals surface area contributed by atoms with Gasteiger partial charge in [0.05, 0.1) is 0 Å². The second kappa shape index (κ2) is 3.98. The Hall–Kier alpha value is -1.10. The lowest BCUT2D eigenvalue weighted by atomic mass is 9.96. The van der Waals surface area contributed by atoms with Gasteiger partial charge in [-0.15, -0.1) is 11.3 Å². The molecule has 2 N–H and O–H groups in total. The molecule has 0 aromatic carbocycles. The van der Waals surface area contributed by atoms with Crippen LogP contribution in [0.4, 0.5) is 5.13 Å². The van der Waals surface area contributed by atoms with Crippen molar-refractivity contribution < 1.29 is 9.90 Å². The van der Waals surface area contributed by atoms with Gasteiger partial charge in [0.25, 0.3) is 0 Å². The minimum Gasteiger partial charge on any atom is -0.476 e. The summed E-state index contributed by atoms with van der Waals surface area (Å²) >= 11 is 1.45. The Morgan fingerprint density at radius 1 is 1.47 bits per heavy atom. The minimum atomic E-state index is -0.931. The van der Waals surface area contributed by atoms with Crippen LogP contribution in [0.5, 0.6) is 0 Å². The molecular formula is C12H16N2O2S. The molecular weight excluding hydrogens is 236 g/mol. The molecule has 2 aliphatic carbocycles. The van der Waals surface area contributed by atoms with E-state index < -0.39 is 5.97 Å². The van der Waals surface area contributed by atoms with Gasteiger partial charge in [-0.25, -0.2) is 9.78 Å². The van der Waals surface area contributed by atoms with Crippen molar-refractivity contribution in [3.05, 3.63) is 10.6 Å². The van der Waals surface area contributed by atoms with Crippen molar-refractivity contribution in [2.24, 2.45) is 11.8 Å². The van der Waals surface area contributed by atoms with Gasteiger partial charge < -0.3 is 10.4 Å². The monoisotopic (exact) mass is 252 g/mol. The molecule has 1 aromatic rings. The molecule has 0 spiro atoms. The van der Waals surface area contributed by atoms with Gasteiger partial charge in [-0.05, 0) is 38.0 Å².